The van der Waals surface area contributed by atoms with Gasteiger partial charge >= 0.3 is 0 Å². The molecule has 0 amide bonds. The molecule has 0 spiro atoms. The van der Waals surface area contributed by atoms with Gasteiger partial charge in [-0.1, -0.05) is 13.8 Å². The number of hydrogen-bond donors (Lipinski definition) is 0. The summed E-state index contributed by atoms with van der Waals surface area (Å²) in [7, 11) is 0. The van der Waals surface area contributed by atoms with Crippen LogP contribution in [0.5, 0.6) is 0 Å². The van der Waals surface area contributed by atoms with E-state index in [1.165, 1.54) is 0 Å². The molecule has 0 aromatic heterocycles. The maximum atomic E-state index is 6.00. The third kappa shape index (κ3) is 2.69. The van der Waals surface area contributed by atoms with Crippen molar-refractivity contribution in [3.05, 3.63) is 0 Å². The van der Waals surface area contributed by atoms with Crippen LogP contribution in [0.15, 0.2) is 0 Å². The monoisotopic (exact) mass is 212 g/mol. The molecule has 0 aliphatic carbocycles. The fraction of sp³-hybridized carbons (Fsp3) is 1.00. The number of alkyl halides is 2. The van der Waals surface area contributed by atoms with Gasteiger partial charge in [-0.15, -0.1) is 23.2 Å². The van der Waals surface area contributed by atoms with E-state index in [1.54, 1.807) is 0 Å². The maximum Gasteiger partial charge on any atom is 0.112 e. The summed E-state index contributed by atoms with van der Waals surface area (Å²) in [4.78, 5) is 0. The van der Waals surface area contributed by atoms with Crippen molar-refractivity contribution >= 4 is 35.0 Å². The van der Waals surface area contributed by atoms with Crippen LogP contribution in [-0.4, -0.2) is 22.0 Å². The normalized spacial score (nSPS) is 39.5. The summed E-state index contributed by atoms with van der Waals surface area (Å²) in [5.74, 6) is 1.48. The molecule has 65 valence electrons. The average Bonchev–Trinajstić information content (AvgIpc) is 1.85. The van der Waals surface area contributed by atoms with Crippen LogP contribution in [0.2, 0.25) is 0 Å². The number of rotatable bonds is 1. The molecule has 0 bridgehead atoms. The second-order valence-electron chi connectivity index (χ2n) is 3.00. The second-order valence-corrected chi connectivity index (χ2v) is 5.16. The molecule has 1 nitrogen and oxygen atoms in total. The quantitative estimate of drug-likeness (QED) is 0.482. The second kappa shape index (κ2) is 4.22. The molecule has 1 fully saturated rings. The summed E-state index contributed by atoms with van der Waals surface area (Å²) in [6.45, 7) is 4.33. The zero-order chi connectivity index (χ0) is 8.43. The Kier molecular flexibility index (Phi) is 3.83. The van der Waals surface area contributed by atoms with Crippen molar-refractivity contribution < 1.29 is 0 Å². The van der Waals surface area contributed by atoms with Crippen molar-refractivity contribution in [2.45, 2.75) is 30.1 Å². The van der Waals surface area contributed by atoms with Gasteiger partial charge in [-0.3, -0.25) is 0 Å². The molecule has 1 saturated heterocycles. The van der Waals surface area contributed by atoms with Crippen molar-refractivity contribution in [1.82, 2.24) is 5.32 Å². The van der Waals surface area contributed by atoms with Crippen LogP contribution in [0, 0.1) is 5.92 Å². The van der Waals surface area contributed by atoms with Crippen molar-refractivity contribution in [2.75, 3.05) is 5.75 Å². The van der Waals surface area contributed by atoms with Crippen LogP contribution in [0.4, 0.5) is 0 Å². The summed E-state index contributed by atoms with van der Waals surface area (Å²) in [6.07, 6.45) is 0. The van der Waals surface area contributed by atoms with Crippen molar-refractivity contribution in [1.29, 1.82) is 0 Å². The third-order valence-corrected chi connectivity index (χ3v) is 4.34. The fourth-order valence-electron chi connectivity index (χ4n) is 1.06. The van der Waals surface area contributed by atoms with Crippen molar-refractivity contribution in [3.8, 4) is 0 Å². The minimum absolute atomic E-state index is 0.0856. The van der Waals surface area contributed by atoms with Crippen LogP contribution in [0.3, 0.4) is 0 Å². The topological polar surface area (TPSA) is 14.1 Å². The molecule has 1 heterocycles. The van der Waals surface area contributed by atoms with Gasteiger partial charge in [0.15, 0.2) is 0 Å². The predicted molar refractivity (Wildman–Crippen MR) is 52.5 cm³/mol. The van der Waals surface area contributed by atoms with E-state index in [9.17, 15) is 0 Å². The number of nitrogens with zero attached hydrogens (tertiary/aromatic N) is 1. The van der Waals surface area contributed by atoms with Gasteiger partial charge in [-0.05, 0) is 5.92 Å². The fourth-order valence-corrected chi connectivity index (χ4v) is 3.19. The Balaban J connectivity index is 2.44. The highest BCUT2D eigenvalue weighted by Crippen LogP contribution is 2.31. The standard InChI is InChI=1S/C7H12Cl2NS/c1-4(2)6-7(9)10-5(8)3-11-6/h4-7H,3H2,1-2H3. The van der Waals surface area contributed by atoms with E-state index < -0.39 is 0 Å². The summed E-state index contributed by atoms with van der Waals surface area (Å²) in [5.41, 5.74) is -0.186. The lowest BCUT2D eigenvalue weighted by Crippen LogP contribution is -2.41. The summed E-state index contributed by atoms with van der Waals surface area (Å²) in [5, 5.41) is 4.63. The first-order chi connectivity index (χ1) is 5.11. The number of hydrogen-bond acceptors (Lipinski definition) is 1. The molecule has 0 aromatic rings. The summed E-state index contributed by atoms with van der Waals surface area (Å²) < 4.78 is 0. The Morgan fingerprint density at radius 2 is 2.09 bits per heavy atom. The van der Waals surface area contributed by atoms with Crippen LogP contribution in [0.25, 0.3) is 0 Å². The van der Waals surface area contributed by atoms with Gasteiger partial charge in [0.1, 0.15) is 11.0 Å². The lowest BCUT2D eigenvalue weighted by atomic mass is 10.1. The molecular formula is C7H12Cl2NS. The largest absolute Gasteiger partial charge is 0.201 e. The predicted octanol–water partition coefficient (Wildman–Crippen LogP) is 2.49. The van der Waals surface area contributed by atoms with Gasteiger partial charge in [0.25, 0.3) is 0 Å². The van der Waals surface area contributed by atoms with Gasteiger partial charge in [0, 0.05) is 11.0 Å². The van der Waals surface area contributed by atoms with E-state index in [-0.39, 0.29) is 11.0 Å². The molecular weight excluding hydrogens is 201 g/mol. The van der Waals surface area contributed by atoms with Gasteiger partial charge < -0.3 is 0 Å². The molecule has 3 unspecified atom stereocenters. The van der Waals surface area contributed by atoms with E-state index in [0.717, 1.165) is 5.75 Å². The number of thioether (sulfide) groups is 1. The van der Waals surface area contributed by atoms with E-state index in [2.05, 4.69) is 19.2 Å². The van der Waals surface area contributed by atoms with E-state index in [0.29, 0.717) is 11.2 Å². The van der Waals surface area contributed by atoms with E-state index in [1.807, 2.05) is 11.8 Å². The van der Waals surface area contributed by atoms with Gasteiger partial charge in [-0.2, -0.15) is 11.8 Å². The smallest absolute Gasteiger partial charge is 0.112 e. The van der Waals surface area contributed by atoms with Crippen molar-refractivity contribution in [3.63, 3.8) is 0 Å². The van der Waals surface area contributed by atoms with Crippen LogP contribution in [0.1, 0.15) is 13.8 Å². The molecule has 4 heteroatoms. The molecule has 3 atom stereocenters. The van der Waals surface area contributed by atoms with Gasteiger partial charge in [-0.25, -0.2) is 5.32 Å². The highest BCUT2D eigenvalue weighted by Gasteiger charge is 2.31. The lowest BCUT2D eigenvalue weighted by molar-refractivity contribution is 0.494. The zero-order valence-electron chi connectivity index (χ0n) is 6.63. The Bertz CT molecular complexity index is 132. The third-order valence-electron chi connectivity index (χ3n) is 1.66. The molecule has 1 aliphatic rings. The summed E-state index contributed by atoms with van der Waals surface area (Å²) in [6, 6.07) is 0. The van der Waals surface area contributed by atoms with Gasteiger partial charge in [0.2, 0.25) is 0 Å². The highest BCUT2D eigenvalue weighted by molar-refractivity contribution is 8.00. The minimum atomic E-state index is -0.101. The van der Waals surface area contributed by atoms with E-state index >= 15 is 0 Å². The first-order valence-electron chi connectivity index (χ1n) is 3.71. The molecule has 0 saturated carbocycles. The molecule has 0 N–H and O–H groups in total. The zero-order valence-corrected chi connectivity index (χ0v) is 8.96. The van der Waals surface area contributed by atoms with Crippen LogP contribution < -0.4 is 5.32 Å². The molecule has 1 aliphatic heterocycles. The highest BCUT2D eigenvalue weighted by atomic mass is 35.5. The Morgan fingerprint density at radius 3 is 2.55 bits per heavy atom. The van der Waals surface area contributed by atoms with Crippen LogP contribution >= 0.6 is 35.0 Å². The SMILES string of the molecule is CC(C)C1SCC(Cl)[N]C1Cl. The lowest BCUT2D eigenvalue weighted by Gasteiger charge is -2.31. The minimum Gasteiger partial charge on any atom is -0.201 e. The Labute approximate surface area is 82.2 Å². The summed E-state index contributed by atoms with van der Waals surface area (Å²) >= 11 is 13.6. The first-order valence-corrected chi connectivity index (χ1v) is 5.63. The number of halogens is 2. The Hall–Kier alpha value is 0.890. The Morgan fingerprint density at radius 1 is 1.45 bits per heavy atom. The van der Waals surface area contributed by atoms with E-state index in [4.69, 9.17) is 23.2 Å². The van der Waals surface area contributed by atoms with Crippen molar-refractivity contribution in [2.24, 2.45) is 5.92 Å². The molecule has 1 rings (SSSR count). The molecule has 11 heavy (non-hydrogen) atoms. The molecule has 0 aromatic carbocycles. The maximum absolute atomic E-state index is 6.00. The van der Waals surface area contributed by atoms with Crippen LogP contribution in [-0.2, 0) is 0 Å². The molecule has 1 radical (unpaired) electrons. The average molecular weight is 213 g/mol. The first kappa shape index (κ1) is 9.97. The van der Waals surface area contributed by atoms with Gasteiger partial charge in [0.05, 0.1) is 0 Å².